The van der Waals surface area contributed by atoms with E-state index in [2.05, 4.69) is 31.8 Å². The lowest BCUT2D eigenvalue weighted by atomic mass is 9.99. The molecule has 0 spiro atoms. The number of amides is 1. The highest BCUT2D eigenvalue weighted by Crippen LogP contribution is 2.27. The van der Waals surface area contributed by atoms with Crippen LogP contribution in [0.2, 0.25) is 0 Å². The van der Waals surface area contributed by atoms with Crippen LogP contribution in [0.1, 0.15) is 29.3 Å². The van der Waals surface area contributed by atoms with Crippen molar-refractivity contribution in [2.24, 2.45) is 5.92 Å². The Bertz CT molecular complexity index is 970. The Morgan fingerprint density at radius 2 is 2.00 bits per heavy atom. The maximum absolute atomic E-state index is 12.3. The third kappa shape index (κ3) is 4.28. The molecule has 3 rings (SSSR count). The lowest BCUT2D eigenvalue weighted by Crippen LogP contribution is -2.34. The smallest absolute Gasteiger partial charge is 0.241 e. The maximum atomic E-state index is 12.3. The van der Waals surface area contributed by atoms with E-state index in [9.17, 15) is 9.59 Å². The predicted molar refractivity (Wildman–Crippen MR) is 108 cm³/mol. The molecule has 7 heteroatoms. The van der Waals surface area contributed by atoms with Gasteiger partial charge < -0.3 is 0 Å². The van der Waals surface area contributed by atoms with Gasteiger partial charge in [0.15, 0.2) is 5.78 Å². The third-order valence-electron chi connectivity index (χ3n) is 4.00. The van der Waals surface area contributed by atoms with Gasteiger partial charge in [0.2, 0.25) is 11.0 Å². The van der Waals surface area contributed by atoms with Crippen molar-refractivity contribution in [1.82, 2.24) is 10.4 Å². The zero-order valence-corrected chi connectivity index (χ0v) is 16.8. The summed E-state index contributed by atoms with van der Waals surface area (Å²) >= 11 is 4.82. The Balaban J connectivity index is 1.58. The average Bonchev–Trinajstić information content (AvgIpc) is 3.04. The quantitative estimate of drug-likeness (QED) is 0.437. The largest absolute Gasteiger partial charge is 0.294 e. The number of aromatic nitrogens is 1. The minimum atomic E-state index is -0.454. The highest BCUT2D eigenvalue weighted by Gasteiger charge is 2.18. The van der Waals surface area contributed by atoms with Crippen LogP contribution in [-0.4, -0.2) is 16.7 Å². The predicted octanol–water partition coefficient (Wildman–Crippen LogP) is 4.72. The van der Waals surface area contributed by atoms with E-state index in [0.29, 0.717) is 10.7 Å². The molecule has 1 atom stereocenters. The van der Waals surface area contributed by atoms with Gasteiger partial charge in [-0.1, -0.05) is 58.5 Å². The number of para-hydroxylation sites is 1. The van der Waals surface area contributed by atoms with E-state index < -0.39 is 5.92 Å². The number of Topliss-reactive ketones (excluding diaryl/α,β-unsaturated/α-hetero) is 1. The van der Waals surface area contributed by atoms with Crippen LogP contribution < -0.4 is 10.9 Å². The summed E-state index contributed by atoms with van der Waals surface area (Å²) in [6.45, 7) is 3.73. The van der Waals surface area contributed by atoms with Crippen LogP contribution >= 0.6 is 27.3 Å². The number of aryl methyl sites for hydroxylation is 1. The van der Waals surface area contributed by atoms with Crippen LogP contribution in [0.3, 0.4) is 0 Å². The van der Waals surface area contributed by atoms with Crippen molar-refractivity contribution >= 4 is 54.3 Å². The number of hydrazine groups is 1. The van der Waals surface area contributed by atoms with Crippen LogP contribution in [0.5, 0.6) is 0 Å². The Kier molecular flexibility index (Phi) is 5.68. The summed E-state index contributed by atoms with van der Waals surface area (Å²) < 4.78 is 1.90. The van der Waals surface area contributed by atoms with Gasteiger partial charge in [-0.25, -0.2) is 4.98 Å². The Hall–Kier alpha value is -2.25. The van der Waals surface area contributed by atoms with Gasteiger partial charge in [-0.2, -0.15) is 0 Å². The van der Waals surface area contributed by atoms with E-state index in [1.165, 1.54) is 11.3 Å². The molecule has 0 aliphatic rings. The first-order valence-corrected chi connectivity index (χ1v) is 9.76. The molecule has 2 N–H and O–H groups in total. The van der Waals surface area contributed by atoms with E-state index in [-0.39, 0.29) is 18.1 Å². The molecule has 0 aliphatic heterocycles. The number of rotatable bonds is 6. The molecule has 1 heterocycles. The molecule has 0 bridgehead atoms. The molecule has 3 aromatic rings. The zero-order valence-electron chi connectivity index (χ0n) is 14.4. The van der Waals surface area contributed by atoms with Crippen LogP contribution in [0.25, 0.3) is 10.2 Å². The van der Waals surface area contributed by atoms with Crippen molar-refractivity contribution in [3.05, 3.63) is 58.1 Å². The Morgan fingerprint density at radius 1 is 1.23 bits per heavy atom. The molecular formula is C19H18BrN3O2S. The van der Waals surface area contributed by atoms with Gasteiger partial charge in [-0.3, -0.25) is 20.4 Å². The number of anilines is 1. The Morgan fingerprint density at radius 3 is 2.73 bits per heavy atom. The second-order valence-electron chi connectivity index (χ2n) is 6.09. The highest BCUT2D eigenvalue weighted by atomic mass is 79.9. The molecule has 5 nitrogen and oxygen atoms in total. The summed E-state index contributed by atoms with van der Waals surface area (Å²) in [5.41, 5.74) is 8.10. The average molecular weight is 432 g/mol. The molecule has 1 amide bonds. The molecule has 1 unspecified atom stereocenters. The molecule has 26 heavy (non-hydrogen) atoms. The van der Waals surface area contributed by atoms with E-state index in [0.717, 1.165) is 20.3 Å². The van der Waals surface area contributed by atoms with Crippen molar-refractivity contribution in [2.45, 2.75) is 20.3 Å². The fraction of sp³-hybridized carbons (Fsp3) is 0.211. The summed E-state index contributed by atoms with van der Waals surface area (Å²) in [6, 6.07) is 13.1. The summed E-state index contributed by atoms with van der Waals surface area (Å²) in [6.07, 6.45) is 0.142. The second kappa shape index (κ2) is 7.97. The van der Waals surface area contributed by atoms with Gasteiger partial charge in [0, 0.05) is 22.4 Å². The van der Waals surface area contributed by atoms with Crippen molar-refractivity contribution in [3.63, 3.8) is 0 Å². The van der Waals surface area contributed by atoms with E-state index in [1.807, 2.05) is 31.2 Å². The standard InChI is InChI=1S/C19H18BrN3O2S/c1-11-5-3-8-16-17(11)21-19(26-16)23-22-18(25)12(2)9-15(24)13-6-4-7-14(20)10-13/h3-8,10,12H,9H2,1-2H3,(H,21,23)(H,22,25). The lowest BCUT2D eigenvalue weighted by Gasteiger charge is -2.12. The summed E-state index contributed by atoms with van der Waals surface area (Å²) in [5, 5.41) is 0.619. The van der Waals surface area contributed by atoms with Crippen LogP contribution in [0.4, 0.5) is 5.13 Å². The minimum absolute atomic E-state index is 0.0652. The van der Waals surface area contributed by atoms with Crippen molar-refractivity contribution in [3.8, 4) is 0 Å². The molecule has 0 aliphatic carbocycles. The monoisotopic (exact) mass is 431 g/mol. The summed E-state index contributed by atoms with van der Waals surface area (Å²) in [4.78, 5) is 29.1. The number of carbonyl (C=O) groups excluding carboxylic acids is 2. The zero-order chi connectivity index (χ0) is 18.7. The van der Waals surface area contributed by atoms with Gasteiger partial charge >= 0.3 is 0 Å². The minimum Gasteiger partial charge on any atom is -0.294 e. The van der Waals surface area contributed by atoms with Gasteiger partial charge in [0.25, 0.3) is 0 Å². The van der Waals surface area contributed by atoms with Gasteiger partial charge in [0.1, 0.15) is 0 Å². The van der Waals surface area contributed by atoms with Crippen LogP contribution in [0, 0.1) is 12.8 Å². The number of thiazole rings is 1. The van der Waals surface area contributed by atoms with Gasteiger partial charge in [0.05, 0.1) is 10.2 Å². The maximum Gasteiger partial charge on any atom is 0.241 e. The molecule has 0 saturated carbocycles. The molecule has 1 aromatic heterocycles. The highest BCUT2D eigenvalue weighted by molar-refractivity contribution is 9.10. The number of fused-ring (bicyclic) bond motifs is 1. The summed E-state index contributed by atoms with van der Waals surface area (Å²) in [5.74, 6) is -0.765. The number of nitrogens with zero attached hydrogens (tertiary/aromatic N) is 1. The third-order valence-corrected chi connectivity index (χ3v) is 5.43. The molecule has 2 aromatic carbocycles. The van der Waals surface area contributed by atoms with Crippen molar-refractivity contribution in [1.29, 1.82) is 0 Å². The van der Waals surface area contributed by atoms with E-state index >= 15 is 0 Å². The van der Waals surface area contributed by atoms with Gasteiger partial charge in [-0.15, -0.1) is 0 Å². The first-order valence-electron chi connectivity index (χ1n) is 8.15. The number of ketones is 1. The molecule has 0 radical (unpaired) electrons. The lowest BCUT2D eigenvalue weighted by molar-refractivity contribution is -0.123. The summed E-state index contributed by atoms with van der Waals surface area (Å²) in [7, 11) is 0. The molecule has 0 fully saturated rings. The fourth-order valence-electron chi connectivity index (χ4n) is 2.53. The SMILES string of the molecule is Cc1cccc2sc(NNC(=O)C(C)CC(=O)c3cccc(Br)c3)nc12. The second-order valence-corrected chi connectivity index (χ2v) is 8.04. The van der Waals surface area contributed by atoms with Crippen molar-refractivity contribution in [2.75, 3.05) is 5.43 Å². The number of carbonyl (C=O) groups is 2. The van der Waals surface area contributed by atoms with Crippen molar-refractivity contribution < 1.29 is 9.59 Å². The number of hydrogen-bond donors (Lipinski definition) is 2. The molecule has 134 valence electrons. The first kappa shape index (κ1) is 18.5. The van der Waals surface area contributed by atoms with E-state index in [1.54, 1.807) is 25.1 Å². The number of nitrogens with one attached hydrogen (secondary N) is 2. The molecule has 0 saturated heterocycles. The van der Waals surface area contributed by atoms with E-state index in [4.69, 9.17) is 0 Å². The number of halogens is 1. The fourth-order valence-corrected chi connectivity index (χ4v) is 3.82. The number of benzene rings is 2. The molecular weight excluding hydrogens is 414 g/mol. The van der Waals surface area contributed by atoms with Gasteiger partial charge in [-0.05, 0) is 30.7 Å². The number of hydrogen-bond acceptors (Lipinski definition) is 5. The van der Waals surface area contributed by atoms with Crippen LogP contribution in [-0.2, 0) is 4.79 Å². The topological polar surface area (TPSA) is 71.1 Å². The van der Waals surface area contributed by atoms with Crippen LogP contribution in [0.15, 0.2) is 46.9 Å². The normalized spacial score (nSPS) is 12.0. The first-order chi connectivity index (χ1) is 12.4. The Labute approximate surface area is 163 Å².